The van der Waals surface area contributed by atoms with E-state index in [1.165, 1.54) is 17.0 Å². The van der Waals surface area contributed by atoms with Crippen LogP contribution in [0.2, 0.25) is 5.02 Å². The van der Waals surface area contributed by atoms with Gasteiger partial charge in [0.2, 0.25) is 11.8 Å². The van der Waals surface area contributed by atoms with Crippen molar-refractivity contribution >= 4 is 39.1 Å². The van der Waals surface area contributed by atoms with E-state index in [1.54, 1.807) is 50.2 Å². The second-order valence-corrected chi connectivity index (χ2v) is 11.8. The Morgan fingerprint density at radius 1 is 0.895 bits per heavy atom. The first-order chi connectivity index (χ1) is 17.9. The average Bonchev–Trinajstić information content (AvgIpc) is 2.88. The van der Waals surface area contributed by atoms with Gasteiger partial charge in [-0.3, -0.25) is 13.9 Å². The number of benzene rings is 3. The van der Waals surface area contributed by atoms with E-state index in [9.17, 15) is 18.0 Å². The molecule has 3 rings (SSSR count). The maximum absolute atomic E-state index is 14.0. The summed E-state index contributed by atoms with van der Waals surface area (Å²) in [5.41, 5.74) is 2.64. The standard InChI is InChI=1S/C29H34ClN3O4S/c1-20(2)31-29(35)23(5)32(18-24-13-10-9-12-21(24)3)28(34)19-33(27-17-11-16-26(30)22(27)4)38(36,37)25-14-7-6-8-15-25/h6-17,20,23H,18-19H2,1-5H3,(H,31,35). The molecule has 0 aliphatic rings. The van der Waals surface area contributed by atoms with E-state index in [-0.39, 0.29) is 23.4 Å². The van der Waals surface area contributed by atoms with Crippen molar-refractivity contribution in [1.29, 1.82) is 0 Å². The predicted octanol–water partition coefficient (Wildman–Crippen LogP) is 5.09. The number of nitrogens with zero attached hydrogens (tertiary/aromatic N) is 2. The maximum Gasteiger partial charge on any atom is 0.264 e. The minimum Gasteiger partial charge on any atom is -0.352 e. The summed E-state index contributed by atoms with van der Waals surface area (Å²) in [5, 5.41) is 3.23. The Morgan fingerprint density at radius 2 is 1.53 bits per heavy atom. The van der Waals surface area contributed by atoms with Crippen LogP contribution in [-0.2, 0) is 26.2 Å². The summed E-state index contributed by atoms with van der Waals surface area (Å²) in [6, 6.07) is 19.5. The first-order valence-corrected chi connectivity index (χ1v) is 14.2. The van der Waals surface area contributed by atoms with Gasteiger partial charge in [-0.05, 0) is 75.6 Å². The Kier molecular flexibility index (Phi) is 9.57. The molecule has 0 spiro atoms. The minimum absolute atomic E-state index is 0.0447. The lowest BCUT2D eigenvalue weighted by molar-refractivity contribution is -0.139. The molecule has 2 amide bonds. The molecule has 0 aliphatic carbocycles. The van der Waals surface area contributed by atoms with Gasteiger partial charge in [-0.15, -0.1) is 0 Å². The van der Waals surface area contributed by atoms with E-state index in [2.05, 4.69) is 5.32 Å². The van der Waals surface area contributed by atoms with Gasteiger partial charge in [0.15, 0.2) is 0 Å². The van der Waals surface area contributed by atoms with Crippen molar-refractivity contribution in [2.45, 2.75) is 58.1 Å². The molecule has 0 aromatic heterocycles. The molecule has 202 valence electrons. The van der Waals surface area contributed by atoms with Crippen molar-refractivity contribution in [2.75, 3.05) is 10.8 Å². The van der Waals surface area contributed by atoms with Crippen molar-refractivity contribution in [3.8, 4) is 0 Å². The Balaban J connectivity index is 2.08. The lowest BCUT2D eigenvalue weighted by Crippen LogP contribution is -2.52. The number of nitrogens with one attached hydrogen (secondary N) is 1. The van der Waals surface area contributed by atoms with E-state index in [0.717, 1.165) is 15.4 Å². The molecule has 0 saturated heterocycles. The highest BCUT2D eigenvalue weighted by Crippen LogP contribution is 2.31. The molecule has 9 heteroatoms. The van der Waals surface area contributed by atoms with E-state index >= 15 is 0 Å². The number of carbonyl (C=O) groups is 2. The normalized spacial score (nSPS) is 12.2. The number of halogens is 1. The molecule has 0 saturated carbocycles. The average molecular weight is 556 g/mol. The molecule has 1 N–H and O–H groups in total. The molecule has 0 radical (unpaired) electrons. The van der Waals surface area contributed by atoms with Crippen LogP contribution in [0.1, 0.15) is 37.5 Å². The van der Waals surface area contributed by atoms with Crippen molar-refractivity contribution in [3.63, 3.8) is 0 Å². The summed E-state index contributed by atoms with van der Waals surface area (Å²) in [4.78, 5) is 28.4. The molecule has 3 aromatic rings. The molecule has 3 aromatic carbocycles. The molecule has 0 heterocycles. The van der Waals surface area contributed by atoms with Crippen molar-refractivity contribution in [3.05, 3.63) is 94.5 Å². The summed E-state index contributed by atoms with van der Waals surface area (Å²) in [7, 11) is -4.14. The Bertz CT molecular complexity index is 1390. The van der Waals surface area contributed by atoms with Crippen LogP contribution in [0.5, 0.6) is 0 Å². The Labute approximate surface area is 230 Å². The quantitative estimate of drug-likeness (QED) is 0.377. The zero-order chi connectivity index (χ0) is 28.0. The number of amides is 2. The topological polar surface area (TPSA) is 86.8 Å². The molecule has 0 fully saturated rings. The highest BCUT2D eigenvalue weighted by Gasteiger charge is 2.33. The third-order valence-corrected chi connectivity index (χ3v) is 8.50. The maximum atomic E-state index is 14.0. The van der Waals surface area contributed by atoms with Crippen LogP contribution in [0.25, 0.3) is 0 Å². The summed E-state index contributed by atoms with van der Waals surface area (Å²) in [6.45, 7) is 8.60. The molecule has 1 unspecified atom stereocenters. The van der Waals surface area contributed by atoms with Crippen LogP contribution < -0.4 is 9.62 Å². The van der Waals surface area contributed by atoms with Gasteiger partial charge in [0, 0.05) is 17.6 Å². The number of carbonyl (C=O) groups excluding carboxylic acids is 2. The van der Waals surface area contributed by atoms with Crippen LogP contribution >= 0.6 is 11.6 Å². The second-order valence-electron chi connectivity index (χ2n) is 9.50. The Hall–Kier alpha value is -3.36. The molecule has 38 heavy (non-hydrogen) atoms. The first kappa shape index (κ1) is 29.2. The summed E-state index contributed by atoms with van der Waals surface area (Å²) in [5.74, 6) is -0.836. The summed E-state index contributed by atoms with van der Waals surface area (Å²) >= 11 is 6.35. The van der Waals surface area contributed by atoms with Crippen LogP contribution in [0.15, 0.2) is 77.7 Å². The fraction of sp³-hybridized carbons (Fsp3) is 0.310. The molecule has 1 atom stereocenters. The van der Waals surface area contributed by atoms with Crippen LogP contribution in [0.3, 0.4) is 0 Å². The van der Waals surface area contributed by atoms with Gasteiger partial charge in [0.05, 0.1) is 10.6 Å². The minimum atomic E-state index is -4.14. The fourth-order valence-electron chi connectivity index (χ4n) is 4.06. The highest BCUT2D eigenvalue weighted by atomic mass is 35.5. The smallest absolute Gasteiger partial charge is 0.264 e. The number of aryl methyl sites for hydroxylation is 1. The lowest BCUT2D eigenvalue weighted by atomic mass is 10.1. The molecular formula is C29H34ClN3O4S. The Morgan fingerprint density at radius 3 is 2.16 bits per heavy atom. The number of sulfonamides is 1. The van der Waals surface area contributed by atoms with Gasteiger partial charge in [-0.25, -0.2) is 8.42 Å². The van der Waals surface area contributed by atoms with E-state index in [1.807, 2.05) is 45.0 Å². The number of hydrogen-bond donors (Lipinski definition) is 1. The van der Waals surface area contributed by atoms with E-state index < -0.39 is 28.5 Å². The molecular weight excluding hydrogens is 522 g/mol. The van der Waals surface area contributed by atoms with Crippen molar-refractivity contribution in [2.24, 2.45) is 0 Å². The number of hydrogen-bond acceptors (Lipinski definition) is 4. The van der Waals surface area contributed by atoms with Gasteiger partial charge in [-0.1, -0.05) is 60.1 Å². The second kappa shape index (κ2) is 12.5. The number of anilines is 1. The number of rotatable bonds is 10. The van der Waals surface area contributed by atoms with Crippen LogP contribution in [-0.4, -0.2) is 43.8 Å². The summed E-state index contributed by atoms with van der Waals surface area (Å²) < 4.78 is 28.8. The highest BCUT2D eigenvalue weighted by molar-refractivity contribution is 7.92. The zero-order valence-electron chi connectivity index (χ0n) is 22.3. The third-order valence-electron chi connectivity index (χ3n) is 6.32. The van der Waals surface area contributed by atoms with Gasteiger partial charge in [-0.2, -0.15) is 0 Å². The van der Waals surface area contributed by atoms with Crippen LogP contribution in [0.4, 0.5) is 5.69 Å². The predicted molar refractivity (Wildman–Crippen MR) is 152 cm³/mol. The van der Waals surface area contributed by atoms with E-state index in [4.69, 9.17) is 11.6 Å². The lowest BCUT2D eigenvalue weighted by Gasteiger charge is -2.33. The van der Waals surface area contributed by atoms with Gasteiger partial charge in [0.1, 0.15) is 12.6 Å². The fourth-order valence-corrected chi connectivity index (χ4v) is 5.72. The van der Waals surface area contributed by atoms with Gasteiger partial charge in [0.25, 0.3) is 10.0 Å². The monoisotopic (exact) mass is 555 g/mol. The van der Waals surface area contributed by atoms with E-state index in [0.29, 0.717) is 16.3 Å². The van der Waals surface area contributed by atoms with Gasteiger partial charge < -0.3 is 10.2 Å². The largest absolute Gasteiger partial charge is 0.352 e. The molecule has 0 aliphatic heterocycles. The zero-order valence-corrected chi connectivity index (χ0v) is 23.9. The summed E-state index contributed by atoms with van der Waals surface area (Å²) in [6.07, 6.45) is 0. The third kappa shape index (κ3) is 6.74. The first-order valence-electron chi connectivity index (χ1n) is 12.4. The van der Waals surface area contributed by atoms with Crippen molar-refractivity contribution < 1.29 is 18.0 Å². The SMILES string of the molecule is Cc1ccccc1CN(C(=O)CN(c1cccc(Cl)c1C)S(=O)(=O)c1ccccc1)C(C)C(=O)NC(C)C. The van der Waals surface area contributed by atoms with Crippen LogP contribution in [0, 0.1) is 13.8 Å². The van der Waals surface area contributed by atoms with Gasteiger partial charge >= 0.3 is 0 Å². The molecule has 7 nitrogen and oxygen atoms in total. The molecule has 0 bridgehead atoms. The van der Waals surface area contributed by atoms with Crippen molar-refractivity contribution in [1.82, 2.24) is 10.2 Å².